The van der Waals surface area contributed by atoms with Gasteiger partial charge in [0.05, 0.1) is 50.2 Å². The quantitative estimate of drug-likeness (QED) is 0.0365. The van der Waals surface area contributed by atoms with E-state index in [-0.39, 0.29) is 18.8 Å². The minimum Gasteiger partial charge on any atom is -0.432 e. The van der Waals surface area contributed by atoms with E-state index in [2.05, 4.69) is 13.5 Å². The maximum atomic E-state index is 15.4. The third-order valence-corrected chi connectivity index (χ3v) is 21.3. The molecule has 19 N–H and O–H groups in total. The van der Waals surface area contributed by atoms with Gasteiger partial charge < -0.3 is 154 Å². The topological polar surface area (TPSA) is 512 Å². The molecule has 10 aliphatic rings. The van der Waals surface area contributed by atoms with Gasteiger partial charge in [0.15, 0.2) is 37.6 Å². The molecule has 6 unspecified atom stereocenters. The summed E-state index contributed by atoms with van der Waals surface area (Å²) in [7, 11) is 0. The van der Waals surface area contributed by atoms with Crippen LogP contribution in [0.1, 0.15) is 78.6 Å². The molecule has 0 radical (unpaired) electrons. The van der Waals surface area contributed by atoms with Gasteiger partial charge in [-0.2, -0.15) is 0 Å². The van der Waals surface area contributed by atoms with Crippen molar-refractivity contribution in [1.82, 2.24) is 0 Å². The molecule has 6 heterocycles. The number of esters is 1. The van der Waals surface area contributed by atoms with Crippen LogP contribution in [0.5, 0.6) is 0 Å². The number of hydrogen-bond acceptors (Lipinski definition) is 32. The molecule has 4 aliphatic carbocycles. The molecular weight excluding hydrogens is 1180 g/mol. The molecule has 36 atom stereocenters. The van der Waals surface area contributed by atoms with Gasteiger partial charge in [0.25, 0.3) is 0 Å². The zero-order valence-electron chi connectivity index (χ0n) is 48.9. The van der Waals surface area contributed by atoms with Gasteiger partial charge in [-0.05, 0) is 93.5 Å². The Hall–Kier alpha value is -1.99. The molecule has 4 saturated carbocycles. The van der Waals surface area contributed by atoms with Crippen LogP contribution in [-0.2, 0) is 61.6 Å². The molecule has 88 heavy (non-hydrogen) atoms. The Bertz CT molecular complexity index is 2380. The van der Waals surface area contributed by atoms with E-state index in [0.717, 1.165) is 0 Å². The van der Waals surface area contributed by atoms with Crippen molar-refractivity contribution in [3.63, 3.8) is 0 Å². The molecule has 2 bridgehead atoms. The zero-order chi connectivity index (χ0) is 64.0. The first kappa shape index (κ1) is 68.9. The van der Waals surface area contributed by atoms with Crippen LogP contribution in [0.2, 0.25) is 0 Å². The fourth-order valence-corrected chi connectivity index (χ4v) is 16.4. The van der Waals surface area contributed by atoms with Gasteiger partial charge in [0, 0.05) is 0 Å². The average molecular weight is 1280 g/mol. The molecule has 10 rings (SSSR count). The maximum Gasteiger partial charge on any atom is 0.314 e. The number of aliphatic hydroxyl groups is 19. The second-order valence-electron chi connectivity index (χ2n) is 26.4. The summed E-state index contributed by atoms with van der Waals surface area (Å²) in [5.74, 6) is -1.38. The number of carbonyl (C=O) groups is 1. The Kier molecular flexibility index (Phi) is 20.9. The fraction of sp³-hybridized carbons (Fsp3) is 0.946. The van der Waals surface area contributed by atoms with Crippen LogP contribution in [0.25, 0.3) is 0 Å². The SMILES string of the molecule is C=C1CC23CCC4C(C)(C(=O)O[C@@H]5O[C@H](CO)[C@@H](O)[C@H](O[C@@H]6O[C@H](CO)[C@H](O)[C@H](O)[C@H]6O)[C@H]5O[C@@H]5O[C@H](CO)[C@@H](O)[C@H](O)[C@H]5O)CCCC4(C)C2CCC1(O[C@@H]1O[C@H](CO)[C@@H](O)[C@H](O[C@@H]2O[C@H](CO)[C@H](O)[C@H](O)[C@H]2O)[C@H]1O[C@@H]1O[C@H](C)[C@@H](O)[C@H](O)[C@H]1O)C3. The Morgan fingerprint density at radius 3 is 1.31 bits per heavy atom. The first-order valence-electron chi connectivity index (χ1n) is 30.3. The Balaban J connectivity index is 0.919. The highest BCUT2D eigenvalue weighted by Gasteiger charge is 2.70. The van der Waals surface area contributed by atoms with Crippen molar-refractivity contribution in [3.05, 3.63) is 12.2 Å². The van der Waals surface area contributed by atoms with Crippen LogP contribution in [0.15, 0.2) is 12.2 Å². The van der Waals surface area contributed by atoms with Crippen LogP contribution in [0.4, 0.5) is 0 Å². The van der Waals surface area contributed by atoms with Crippen molar-refractivity contribution in [2.45, 2.75) is 268 Å². The molecule has 0 aromatic carbocycles. The van der Waals surface area contributed by atoms with Crippen LogP contribution < -0.4 is 0 Å². The van der Waals surface area contributed by atoms with E-state index in [9.17, 15) is 97.0 Å². The summed E-state index contributed by atoms with van der Waals surface area (Å²) in [6, 6.07) is 0. The second kappa shape index (κ2) is 26.7. The van der Waals surface area contributed by atoms with Crippen LogP contribution in [-0.4, -0.2) is 326 Å². The van der Waals surface area contributed by atoms with Crippen molar-refractivity contribution in [2.24, 2.45) is 28.1 Å². The number of fused-ring (bicyclic) bond motifs is 3. The van der Waals surface area contributed by atoms with E-state index in [1.807, 2.05) is 0 Å². The highest BCUT2D eigenvalue weighted by molar-refractivity contribution is 5.77. The number of carbonyl (C=O) groups excluding carboxylic acids is 1. The van der Waals surface area contributed by atoms with Crippen LogP contribution in [0.3, 0.4) is 0 Å². The Morgan fingerprint density at radius 1 is 0.455 bits per heavy atom. The van der Waals surface area contributed by atoms with Crippen molar-refractivity contribution < 1.29 is 159 Å². The highest BCUT2D eigenvalue weighted by atomic mass is 16.8. The zero-order valence-corrected chi connectivity index (χ0v) is 48.9. The van der Waals surface area contributed by atoms with Crippen molar-refractivity contribution >= 4 is 5.97 Å². The van der Waals surface area contributed by atoms with Gasteiger partial charge in [-0.15, -0.1) is 0 Å². The van der Waals surface area contributed by atoms with Gasteiger partial charge in [-0.3, -0.25) is 4.79 Å². The molecule has 10 fully saturated rings. The third-order valence-electron chi connectivity index (χ3n) is 21.3. The molecule has 0 aromatic heterocycles. The molecule has 1 spiro atoms. The highest BCUT2D eigenvalue weighted by Crippen LogP contribution is 2.74. The van der Waals surface area contributed by atoms with E-state index < -0.39 is 251 Å². The minimum absolute atomic E-state index is 0.130. The maximum absolute atomic E-state index is 15.4. The number of aliphatic hydroxyl groups excluding tert-OH is 19. The van der Waals surface area contributed by atoms with Crippen molar-refractivity contribution in [1.29, 1.82) is 0 Å². The summed E-state index contributed by atoms with van der Waals surface area (Å²) >= 11 is 0. The molecule has 32 heteroatoms. The normalized spacial score (nSPS) is 55.0. The van der Waals surface area contributed by atoms with Gasteiger partial charge in [0.1, 0.15) is 134 Å². The van der Waals surface area contributed by atoms with E-state index >= 15 is 4.79 Å². The third kappa shape index (κ3) is 12.0. The largest absolute Gasteiger partial charge is 0.432 e. The lowest BCUT2D eigenvalue weighted by molar-refractivity contribution is -0.398. The molecule has 32 nitrogen and oxygen atoms in total. The predicted molar refractivity (Wildman–Crippen MR) is 283 cm³/mol. The summed E-state index contributed by atoms with van der Waals surface area (Å²) in [4.78, 5) is 15.4. The Morgan fingerprint density at radius 2 is 0.841 bits per heavy atom. The van der Waals surface area contributed by atoms with E-state index in [1.165, 1.54) is 6.92 Å². The lowest BCUT2D eigenvalue weighted by Crippen LogP contribution is -2.68. The summed E-state index contributed by atoms with van der Waals surface area (Å²) in [6.45, 7) is 5.42. The van der Waals surface area contributed by atoms with E-state index in [1.54, 1.807) is 6.92 Å². The smallest absolute Gasteiger partial charge is 0.314 e. The molecule has 506 valence electrons. The van der Waals surface area contributed by atoms with E-state index in [4.69, 9.17) is 56.8 Å². The standard InChI is InChI=1S/C56H90O32/c1-19-12-55-10-6-26-53(3,27(55)7-11-56(19,18-55)88-51-45(86-46-38(72)34(68)28(62)20(2)77-46)43(33(67)25(17-61)82-51)84-48-40(74)36(70)30(64)22(14-58)79-48)8-5-9-54(26,4)52(76)87-50-44(85-49-41(75)37(71)31(65)23(15-59)80-49)42(32(66)24(16-60)81-50)83-47-39(73)35(69)29(63)21(13-57)78-47/h20-51,57-75H,1,5-18H2,2-4H3/t20-,21-,22-,23-,24-,25-,26?,27?,28-,29+,30+,31-,32-,33-,34+,35+,36+,37+,38-,39-,40-,41-,42+,43+,44-,45-,46+,47+,48+,49+,50+,51+,53?,54?,55?,56?/m1/s1. The first-order chi connectivity index (χ1) is 41.6. The number of hydrogen-bond donors (Lipinski definition) is 19. The summed E-state index contributed by atoms with van der Waals surface area (Å²) in [5.41, 5.74) is -3.10. The van der Waals surface area contributed by atoms with E-state index in [0.29, 0.717) is 50.5 Å². The number of ether oxygens (including phenoxy) is 12. The fourth-order valence-electron chi connectivity index (χ4n) is 16.4. The van der Waals surface area contributed by atoms with Gasteiger partial charge in [0.2, 0.25) is 6.29 Å². The molecule has 0 amide bonds. The Labute approximate surface area is 505 Å². The minimum atomic E-state index is -2.07. The van der Waals surface area contributed by atoms with Crippen LogP contribution >= 0.6 is 0 Å². The predicted octanol–water partition coefficient (Wildman–Crippen LogP) is -8.44. The molecule has 6 saturated heterocycles. The average Bonchev–Trinajstić information content (AvgIpc) is 0.951. The van der Waals surface area contributed by atoms with Crippen molar-refractivity contribution in [3.8, 4) is 0 Å². The van der Waals surface area contributed by atoms with Crippen LogP contribution in [0, 0.1) is 28.1 Å². The first-order valence-corrected chi connectivity index (χ1v) is 30.3. The lowest BCUT2D eigenvalue weighted by Gasteiger charge is -2.64. The molecular formula is C56H90O32. The summed E-state index contributed by atoms with van der Waals surface area (Å²) in [5, 5.41) is 205. The number of rotatable bonds is 17. The second-order valence-corrected chi connectivity index (χ2v) is 26.4. The van der Waals surface area contributed by atoms with Gasteiger partial charge in [-0.1, -0.05) is 19.9 Å². The van der Waals surface area contributed by atoms with Gasteiger partial charge in [-0.25, -0.2) is 0 Å². The molecule has 6 aliphatic heterocycles. The summed E-state index contributed by atoms with van der Waals surface area (Å²) in [6.07, 6.45) is -50.1. The molecule has 0 aromatic rings. The summed E-state index contributed by atoms with van der Waals surface area (Å²) < 4.78 is 73.2. The monoisotopic (exact) mass is 1270 g/mol. The van der Waals surface area contributed by atoms with Crippen molar-refractivity contribution in [2.75, 3.05) is 33.0 Å². The lowest BCUT2D eigenvalue weighted by atomic mass is 9.41. The van der Waals surface area contributed by atoms with Gasteiger partial charge >= 0.3 is 5.97 Å².